The van der Waals surface area contributed by atoms with Crippen LogP contribution >= 0.6 is 11.6 Å². The van der Waals surface area contributed by atoms with Crippen molar-refractivity contribution in [2.75, 3.05) is 20.3 Å². The Morgan fingerprint density at radius 3 is 3.00 bits per heavy atom. The van der Waals surface area contributed by atoms with Crippen molar-refractivity contribution < 1.29 is 13.9 Å². The second-order valence-corrected chi connectivity index (χ2v) is 4.43. The van der Waals surface area contributed by atoms with E-state index in [1.54, 1.807) is 7.05 Å². The average Bonchev–Trinajstić information content (AvgIpc) is 2.79. The first-order valence-corrected chi connectivity index (χ1v) is 5.75. The van der Waals surface area contributed by atoms with E-state index in [-0.39, 0.29) is 28.3 Å². The quantitative estimate of drug-likeness (QED) is 0.841. The molecule has 0 aromatic heterocycles. The van der Waals surface area contributed by atoms with Crippen molar-refractivity contribution in [2.24, 2.45) is 5.92 Å². The molecule has 0 bridgehead atoms. The molecule has 0 amide bonds. The summed E-state index contributed by atoms with van der Waals surface area (Å²) in [5.41, 5.74) is 0.224. The van der Waals surface area contributed by atoms with Crippen LogP contribution in [0.15, 0.2) is 18.2 Å². The van der Waals surface area contributed by atoms with Crippen LogP contribution in [0.3, 0.4) is 0 Å². The summed E-state index contributed by atoms with van der Waals surface area (Å²) in [6.45, 7) is 0.830. The molecule has 0 radical (unpaired) electrons. The smallest absolute Gasteiger partial charge is 0.171 e. The maximum Gasteiger partial charge on any atom is 0.171 e. The molecule has 0 aliphatic carbocycles. The Hall–Kier alpha value is -0.970. The third-order valence-corrected chi connectivity index (χ3v) is 3.31. The Bertz CT molecular complexity index is 439. The Labute approximate surface area is 104 Å². The number of hydrogen-bond donors (Lipinski definition) is 1. The van der Waals surface area contributed by atoms with Gasteiger partial charge in [-0.15, -0.1) is 0 Å². The van der Waals surface area contributed by atoms with E-state index in [1.165, 1.54) is 18.2 Å². The SMILES string of the molecule is CNC1COCC1C(=O)c1cc(F)ccc1Cl. The van der Waals surface area contributed by atoms with Crippen molar-refractivity contribution in [1.29, 1.82) is 0 Å². The predicted molar refractivity (Wildman–Crippen MR) is 62.9 cm³/mol. The summed E-state index contributed by atoms with van der Waals surface area (Å²) in [7, 11) is 1.77. The molecule has 17 heavy (non-hydrogen) atoms. The first-order chi connectivity index (χ1) is 8.13. The molecule has 5 heteroatoms. The fourth-order valence-corrected chi connectivity index (χ4v) is 2.19. The fourth-order valence-electron chi connectivity index (χ4n) is 1.98. The molecule has 1 fully saturated rings. The monoisotopic (exact) mass is 257 g/mol. The maximum absolute atomic E-state index is 13.1. The highest BCUT2D eigenvalue weighted by molar-refractivity contribution is 6.34. The minimum atomic E-state index is -0.460. The molecule has 1 aliphatic heterocycles. The molecule has 2 unspecified atom stereocenters. The van der Waals surface area contributed by atoms with Crippen LogP contribution in [0.1, 0.15) is 10.4 Å². The third kappa shape index (κ3) is 2.49. The number of carbonyl (C=O) groups excluding carboxylic acids is 1. The maximum atomic E-state index is 13.1. The van der Waals surface area contributed by atoms with Gasteiger partial charge in [-0.2, -0.15) is 0 Å². The Balaban J connectivity index is 2.27. The highest BCUT2D eigenvalue weighted by Gasteiger charge is 2.34. The van der Waals surface area contributed by atoms with Crippen LogP contribution in [0.2, 0.25) is 5.02 Å². The van der Waals surface area contributed by atoms with E-state index in [0.29, 0.717) is 13.2 Å². The van der Waals surface area contributed by atoms with E-state index in [1.807, 2.05) is 0 Å². The topological polar surface area (TPSA) is 38.3 Å². The summed E-state index contributed by atoms with van der Waals surface area (Å²) in [6, 6.07) is 3.77. The van der Waals surface area contributed by atoms with Gasteiger partial charge in [-0.25, -0.2) is 4.39 Å². The molecule has 0 saturated carbocycles. The van der Waals surface area contributed by atoms with Gasteiger partial charge >= 0.3 is 0 Å². The number of benzene rings is 1. The van der Waals surface area contributed by atoms with Crippen molar-refractivity contribution in [3.63, 3.8) is 0 Å². The second kappa shape index (κ2) is 5.12. The first-order valence-electron chi connectivity index (χ1n) is 5.37. The van der Waals surface area contributed by atoms with Gasteiger partial charge in [-0.05, 0) is 25.2 Å². The molecular formula is C12H13ClFNO2. The molecule has 1 N–H and O–H groups in total. The largest absolute Gasteiger partial charge is 0.379 e. The van der Waals surface area contributed by atoms with Gasteiger partial charge in [0.1, 0.15) is 5.82 Å². The Morgan fingerprint density at radius 2 is 2.29 bits per heavy atom. The van der Waals surface area contributed by atoms with Gasteiger partial charge in [0, 0.05) is 11.6 Å². The zero-order chi connectivity index (χ0) is 12.4. The first kappa shape index (κ1) is 12.5. The lowest BCUT2D eigenvalue weighted by Gasteiger charge is -2.16. The lowest BCUT2D eigenvalue weighted by atomic mass is 9.93. The van der Waals surface area contributed by atoms with Crippen LogP contribution in [0, 0.1) is 11.7 Å². The van der Waals surface area contributed by atoms with Crippen molar-refractivity contribution in [3.05, 3.63) is 34.6 Å². The van der Waals surface area contributed by atoms with Crippen molar-refractivity contribution >= 4 is 17.4 Å². The molecule has 2 atom stereocenters. The lowest BCUT2D eigenvalue weighted by molar-refractivity contribution is 0.0892. The summed E-state index contributed by atoms with van der Waals surface area (Å²) < 4.78 is 18.4. The highest BCUT2D eigenvalue weighted by Crippen LogP contribution is 2.24. The van der Waals surface area contributed by atoms with E-state index in [2.05, 4.69) is 5.32 Å². The van der Waals surface area contributed by atoms with Crippen LogP contribution in [-0.4, -0.2) is 32.1 Å². The van der Waals surface area contributed by atoms with Crippen molar-refractivity contribution in [2.45, 2.75) is 6.04 Å². The molecule has 1 aromatic carbocycles. The molecule has 0 spiro atoms. The third-order valence-electron chi connectivity index (χ3n) is 2.98. The van der Waals surface area contributed by atoms with Crippen LogP contribution in [0.25, 0.3) is 0 Å². The Morgan fingerprint density at radius 1 is 1.53 bits per heavy atom. The van der Waals surface area contributed by atoms with Gasteiger partial charge in [0.05, 0.1) is 24.2 Å². The number of carbonyl (C=O) groups is 1. The Kier molecular flexibility index (Phi) is 3.76. The van der Waals surface area contributed by atoms with E-state index in [4.69, 9.17) is 16.3 Å². The summed E-state index contributed by atoms with van der Waals surface area (Å²) in [4.78, 5) is 12.2. The van der Waals surface area contributed by atoms with Gasteiger partial charge in [-0.1, -0.05) is 11.6 Å². The standard InChI is InChI=1S/C12H13ClFNO2/c1-15-11-6-17-5-9(11)12(16)8-4-7(14)2-3-10(8)13/h2-4,9,11,15H,5-6H2,1H3. The number of Topliss-reactive ketones (excluding diaryl/α,β-unsaturated/α-hetero) is 1. The van der Waals surface area contributed by atoms with E-state index < -0.39 is 5.82 Å². The zero-order valence-electron chi connectivity index (χ0n) is 9.37. The van der Waals surface area contributed by atoms with E-state index >= 15 is 0 Å². The van der Waals surface area contributed by atoms with Gasteiger partial charge in [-0.3, -0.25) is 4.79 Å². The number of ether oxygens (including phenoxy) is 1. The highest BCUT2D eigenvalue weighted by atomic mass is 35.5. The van der Waals surface area contributed by atoms with Crippen molar-refractivity contribution in [1.82, 2.24) is 5.32 Å². The number of hydrogen-bond acceptors (Lipinski definition) is 3. The summed E-state index contributed by atoms with van der Waals surface area (Å²) in [5.74, 6) is -0.941. The molecule has 1 aliphatic rings. The minimum absolute atomic E-state index is 0.0400. The molecular weight excluding hydrogens is 245 g/mol. The molecule has 1 aromatic rings. The van der Waals surface area contributed by atoms with Crippen molar-refractivity contribution in [3.8, 4) is 0 Å². The predicted octanol–water partition coefficient (Wildman–Crippen LogP) is 1.90. The van der Waals surface area contributed by atoms with E-state index in [9.17, 15) is 9.18 Å². The number of rotatable bonds is 3. The van der Waals surface area contributed by atoms with Crippen LogP contribution in [0.4, 0.5) is 4.39 Å². The van der Waals surface area contributed by atoms with Gasteiger partial charge in [0.25, 0.3) is 0 Å². The van der Waals surface area contributed by atoms with E-state index in [0.717, 1.165) is 0 Å². The van der Waals surface area contributed by atoms with Gasteiger partial charge in [0.2, 0.25) is 0 Å². The summed E-state index contributed by atoms with van der Waals surface area (Å²) >= 11 is 5.91. The molecule has 3 nitrogen and oxygen atoms in total. The summed E-state index contributed by atoms with van der Waals surface area (Å²) in [6.07, 6.45) is 0. The zero-order valence-corrected chi connectivity index (χ0v) is 10.1. The molecule has 1 saturated heterocycles. The second-order valence-electron chi connectivity index (χ2n) is 4.03. The van der Waals surface area contributed by atoms with Crippen LogP contribution in [-0.2, 0) is 4.74 Å². The number of ketones is 1. The normalized spacial score (nSPS) is 23.9. The van der Waals surface area contributed by atoms with Gasteiger partial charge in [0.15, 0.2) is 5.78 Å². The molecule has 2 rings (SSSR count). The number of nitrogens with one attached hydrogen (secondary N) is 1. The lowest BCUT2D eigenvalue weighted by Crippen LogP contribution is -2.37. The number of likely N-dealkylation sites (N-methyl/N-ethyl adjacent to an activating group) is 1. The minimum Gasteiger partial charge on any atom is -0.379 e. The average molecular weight is 258 g/mol. The number of halogens is 2. The fraction of sp³-hybridized carbons (Fsp3) is 0.417. The summed E-state index contributed by atoms with van der Waals surface area (Å²) in [5, 5.41) is 3.29. The molecule has 92 valence electrons. The van der Waals surface area contributed by atoms with Gasteiger partial charge < -0.3 is 10.1 Å². The van der Waals surface area contributed by atoms with Crippen LogP contribution < -0.4 is 5.32 Å². The van der Waals surface area contributed by atoms with Crippen LogP contribution in [0.5, 0.6) is 0 Å². The molecule has 1 heterocycles.